The lowest BCUT2D eigenvalue weighted by Crippen LogP contribution is -2.00. The van der Waals surface area contributed by atoms with Crippen LogP contribution in [0.5, 0.6) is 0 Å². The standard InChI is InChI=1S/C8H12N2OS/c1-3-6-9-7(11-10-6)8(12-2)4-5-8/h3-5H2,1-2H3. The van der Waals surface area contributed by atoms with E-state index in [4.69, 9.17) is 4.52 Å². The maximum Gasteiger partial charge on any atom is 0.242 e. The van der Waals surface area contributed by atoms with E-state index in [1.165, 1.54) is 12.8 Å². The molecule has 0 aromatic carbocycles. The van der Waals surface area contributed by atoms with Crippen LogP contribution < -0.4 is 0 Å². The molecule has 3 nitrogen and oxygen atoms in total. The van der Waals surface area contributed by atoms with Crippen molar-refractivity contribution in [1.82, 2.24) is 10.1 Å². The van der Waals surface area contributed by atoms with E-state index < -0.39 is 0 Å². The zero-order chi connectivity index (χ0) is 8.60. The van der Waals surface area contributed by atoms with Gasteiger partial charge in [0, 0.05) is 6.42 Å². The van der Waals surface area contributed by atoms with Crippen molar-refractivity contribution in [1.29, 1.82) is 0 Å². The Kier molecular flexibility index (Phi) is 1.87. The molecular formula is C8H12N2OS. The number of thioether (sulfide) groups is 1. The average molecular weight is 184 g/mol. The Morgan fingerprint density at radius 2 is 2.33 bits per heavy atom. The summed E-state index contributed by atoms with van der Waals surface area (Å²) in [7, 11) is 0. The van der Waals surface area contributed by atoms with Crippen LogP contribution in [0.2, 0.25) is 0 Å². The van der Waals surface area contributed by atoms with Crippen LogP contribution in [0.15, 0.2) is 4.52 Å². The minimum atomic E-state index is 0.181. The normalized spacial score (nSPS) is 19.5. The van der Waals surface area contributed by atoms with Gasteiger partial charge in [0.2, 0.25) is 5.89 Å². The van der Waals surface area contributed by atoms with Crippen molar-refractivity contribution >= 4 is 11.8 Å². The van der Waals surface area contributed by atoms with Gasteiger partial charge in [0.1, 0.15) is 0 Å². The van der Waals surface area contributed by atoms with Gasteiger partial charge in [-0.25, -0.2) is 0 Å². The van der Waals surface area contributed by atoms with E-state index >= 15 is 0 Å². The summed E-state index contributed by atoms with van der Waals surface area (Å²) < 4.78 is 5.37. The number of hydrogen-bond donors (Lipinski definition) is 0. The van der Waals surface area contributed by atoms with Gasteiger partial charge in [-0.05, 0) is 19.1 Å². The average Bonchev–Trinajstić information content (AvgIpc) is 2.77. The Morgan fingerprint density at radius 1 is 1.58 bits per heavy atom. The van der Waals surface area contributed by atoms with Gasteiger partial charge in [0.25, 0.3) is 0 Å². The van der Waals surface area contributed by atoms with Crippen LogP contribution >= 0.6 is 11.8 Å². The van der Waals surface area contributed by atoms with Gasteiger partial charge in [-0.15, -0.1) is 11.8 Å². The van der Waals surface area contributed by atoms with Gasteiger partial charge in [0.05, 0.1) is 4.75 Å². The van der Waals surface area contributed by atoms with Crippen molar-refractivity contribution in [2.45, 2.75) is 30.9 Å². The van der Waals surface area contributed by atoms with Crippen LogP contribution in [-0.2, 0) is 11.2 Å². The summed E-state index contributed by atoms with van der Waals surface area (Å²) in [6.07, 6.45) is 5.32. The van der Waals surface area contributed by atoms with Crippen LogP contribution in [0.1, 0.15) is 31.5 Å². The first-order valence-electron chi connectivity index (χ1n) is 4.19. The summed E-state index contributed by atoms with van der Waals surface area (Å²) in [5.74, 6) is 1.65. The molecule has 0 bridgehead atoms. The first kappa shape index (κ1) is 8.10. The third-order valence-electron chi connectivity index (χ3n) is 2.27. The third kappa shape index (κ3) is 1.14. The predicted octanol–water partition coefficient (Wildman–Crippen LogP) is 1.98. The molecule has 0 amide bonds. The van der Waals surface area contributed by atoms with Crippen LogP contribution in [0.3, 0.4) is 0 Å². The van der Waals surface area contributed by atoms with Gasteiger partial charge in [-0.1, -0.05) is 12.1 Å². The van der Waals surface area contributed by atoms with E-state index in [9.17, 15) is 0 Å². The molecule has 1 aromatic rings. The van der Waals surface area contributed by atoms with E-state index in [0.717, 1.165) is 18.1 Å². The summed E-state index contributed by atoms with van der Waals surface area (Å²) >= 11 is 1.82. The number of hydrogen-bond acceptors (Lipinski definition) is 4. The van der Waals surface area contributed by atoms with Gasteiger partial charge >= 0.3 is 0 Å². The highest BCUT2D eigenvalue weighted by atomic mass is 32.2. The van der Waals surface area contributed by atoms with Crippen molar-refractivity contribution < 1.29 is 4.52 Å². The lowest BCUT2D eigenvalue weighted by Gasteiger charge is -2.02. The van der Waals surface area contributed by atoms with E-state index in [-0.39, 0.29) is 4.75 Å². The molecule has 1 saturated carbocycles. The van der Waals surface area contributed by atoms with Crippen LogP contribution in [0.4, 0.5) is 0 Å². The monoisotopic (exact) mass is 184 g/mol. The van der Waals surface area contributed by atoms with Gasteiger partial charge in [-0.2, -0.15) is 4.98 Å². The molecule has 0 atom stereocenters. The van der Waals surface area contributed by atoms with E-state index in [1.807, 2.05) is 18.7 Å². The Hall–Kier alpha value is -0.510. The number of nitrogens with zero attached hydrogens (tertiary/aromatic N) is 2. The predicted molar refractivity (Wildman–Crippen MR) is 48.1 cm³/mol. The first-order chi connectivity index (χ1) is 5.80. The van der Waals surface area contributed by atoms with E-state index in [1.54, 1.807) is 0 Å². The fraction of sp³-hybridized carbons (Fsp3) is 0.750. The summed E-state index contributed by atoms with van der Waals surface area (Å²) in [6, 6.07) is 0. The first-order valence-corrected chi connectivity index (χ1v) is 5.41. The molecule has 2 rings (SSSR count). The lowest BCUT2D eigenvalue weighted by molar-refractivity contribution is 0.368. The molecule has 1 aliphatic rings. The third-order valence-corrected chi connectivity index (χ3v) is 3.63. The van der Waals surface area contributed by atoms with Crippen molar-refractivity contribution in [2.24, 2.45) is 0 Å². The van der Waals surface area contributed by atoms with E-state index in [0.29, 0.717) is 0 Å². The molecule has 4 heteroatoms. The van der Waals surface area contributed by atoms with Crippen LogP contribution in [0.25, 0.3) is 0 Å². The Balaban J connectivity index is 2.23. The highest BCUT2D eigenvalue weighted by Gasteiger charge is 2.48. The smallest absolute Gasteiger partial charge is 0.242 e. The van der Waals surface area contributed by atoms with Crippen molar-refractivity contribution in [2.75, 3.05) is 6.26 Å². The van der Waals surface area contributed by atoms with Crippen molar-refractivity contribution in [3.63, 3.8) is 0 Å². The second kappa shape index (κ2) is 2.76. The lowest BCUT2D eigenvalue weighted by atomic mass is 10.4. The Labute approximate surface area is 75.9 Å². The molecule has 1 heterocycles. The SMILES string of the molecule is CCc1noc(C2(SC)CC2)n1. The summed E-state index contributed by atoms with van der Waals surface area (Å²) in [6.45, 7) is 2.04. The number of aromatic nitrogens is 2. The molecular weight excluding hydrogens is 172 g/mol. The Morgan fingerprint density at radius 3 is 2.75 bits per heavy atom. The maximum absolute atomic E-state index is 5.19. The number of aryl methyl sites for hydroxylation is 1. The van der Waals surface area contributed by atoms with Gasteiger partial charge in [0.15, 0.2) is 5.82 Å². The van der Waals surface area contributed by atoms with Crippen molar-refractivity contribution in [3.8, 4) is 0 Å². The summed E-state index contributed by atoms with van der Waals surface area (Å²) in [4.78, 5) is 4.34. The molecule has 12 heavy (non-hydrogen) atoms. The van der Waals surface area contributed by atoms with Gasteiger partial charge < -0.3 is 4.52 Å². The van der Waals surface area contributed by atoms with Crippen molar-refractivity contribution in [3.05, 3.63) is 11.7 Å². The second-order valence-electron chi connectivity index (χ2n) is 3.07. The minimum absolute atomic E-state index is 0.181. The quantitative estimate of drug-likeness (QED) is 0.720. The van der Waals surface area contributed by atoms with Crippen LogP contribution in [0, 0.1) is 0 Å². The zero-order valence-corrected chi connectivity index (χ0v) is 8.15. The molecule has 0 unspecified atom stereocenters. The molecule has 0 spiro atoms. The summed E-state index contributed by atoms with van der Waals surface area (Å²) in [5, 5.41) is 3.89. The topological polar surface area (TPSA) is 38.9 Å². The maximum atomic E-state index is 5.19. The fourth-order valence-electron chi connectivity index (χ4n) is 1.20. The fourth-order valence-corrected chi connectivity index (χ4v) is 1.97. The molecule has 0 aliphatic heterocycles. The number of rotatable bonds is 3. The molecule has 1 fully saturated rings. The zero-order valence-electron chi connectivity index (χ0n) is 7.33. The molecule has 0 N–H and O–H groups in total. The molecule has 0 radical (unpaired) electrons. The largest absolute Gasteiger partial charge is 0.338 e. The molecule has 1 aliphatic carbocycles. The summed E-state index contributed by atoms with van der Waals surface area (Å²) in [5.41, 5.74) is 0. The highest BCUT2D eigenvalue weighted by molar-refractivity contribution is 7.99. The van der Waals surface area contributed by atoms with Crippen LogP contribution in [-0.4, -0.2) is 16.4 Å². The second-order valence-corrected chi connectivity index (χ2v) is 4.26. The van der Waals surface area contributed by atoms with Gasteiger partial charge in [-0.3, -0.25) is 0 Å². The molecule has 66 valence electrons. The Bertz CT molecular complexity index is 280. The molecule has 0 saturated heterocycles. The minimum Gasteiger partial charge on any atom is -0.338 e. The van der Waals surface area contributed by atoms with E-state index in [2.05, 4.69) is 16.4 Å². The molecule has 1 aromatic heterocycles. The highest BCUT2D eigenvalue weighted by Crippen LogP contribution is 2.55.